The van der Waals surface area contributed by atoms with Gasteiger partial charge in [0.25, 0.3) is 5.91 Å². The van der Waals surface area contributed by atoms with Crippen molar-refractivity contribution in [3.05, 3.63) is 71.8 Å². The lowest BCUT2D eigenvalue weighted by Gasteiger charge is -2.23. The van der Waals surface area contributed by atoms with Gasteiger partial charge in [0.2, 0.25) is 0 Å². The molecule has 1 heterocycles. The Morgan fingerprint density at radius 1 is 0.944 bits per heavy atom. The molecule has 0 bridgehead atoms. The van der Waals surface area contributed by atoms with Gasteiger partial charge in [-0.15, -0.1) is 0 Å². The van der Waals surface area contributed by atoms with E-state index in [1.54, 1.807) is 75.6 Å². The van der Waals surface area contributed by atoms with E-state index in [4.69, 9.17) is 18.9 Å². The van der Waals surface area contributed by atoms with Crippen molar-refractivity contribution >= 4 is 23.3 Å². The van der Waals surface area contributed by atoms with E-state index < -0.39 is 12.1 Å². The first kappa shape index (κ1) is 24.7. The number of methoxy groups -OCH3 is 3. The number of rotatable bonds is 7. The van der Waals surface area contributed by atoms with Crippen LogP contribution in [0, 0.1) is 0 Å². The molecule has 3 amide bonds. The first-order chi connectivity index (χ1) is 17.4. The van der Waals surface area contributed by atoms with Gasteiger partial charge in [-0.05, 0) is 49.4 Å². The van der Waals surface area contributed by atoms with Gasteiger partial charge in [0.1, 0.15) is 23.0 Å². The first-order valence-corrected chi connectivity index (χ1v) is 11.4. The van der Waals surface area contributed by atoms with Crippen molar-refractivity contribution in [2.75, 3.05) is 32.0 Å². The SMILES string of the molecule is COc1cccc(NC(=O)Nc2ccc3c(c2)CN(Cc2ccc(OC)cc2OC)C(=O)C(C)O3)c1. The molecule has 2 N–H and O–H groups in total. The van der Waals surface area contributed by atoms with Crippen LogP contribution in [0.3, 0.4) is 0 Å². The number of anilines is 2. The van der Waals surface area contributed by atoms with Gasteiger partial charge in [-0.25, -0.2) is 4.79 Å². The summed E-state index contributed by atoms with van der Waals surface area (Å²) < 4.78 is 21.9. The van der Waals surface area contributed by atoms with Gasteiger partial charge >= 0.3 is 6.03 Å². The molecular weight excluding hydrogens is 462 g/mol. The van der Waals surface area contributed by atoms with Crippen LogP contribution in [0.25, 0.3) is 0 Å². The zero-order chi connectivity index (χ0) is 25.7. The van der Waals surface area contributed by atoms with Crippen LogP contribution in [0.15, 0.2) is 60.7 Å². The number of ether oxygens (including phenoxy) is 4. The fraction of sp³-hybridized carbons (Fsp3) is 0.259. The molecule has 0 aromatic heterocycles. The van der Waals surface area contributed by atoms with Crippen molar-refractivity contribution in [1.82, 2.24) is 4.90 Å². The van der Waals surface area contributed by atoms with Gasteiger partial charge < -0.3 is 34.5 Å². The molecule has 9 heteroatoms. The summed E-state index contributed by atoms with van der Waals surface area (Å²) in [6.07, 6.45) is -0.661. The lowest BCUT2D eigenvalue weighted by Crippen LogP contribution is -2.37. The molecule has 4 rings (SSSR count). The Hall–Kier alpha value is -4.40. The maximum atomic E-state index is 13.1. The molecule has 1 unspecified atom stereocenters. The topological polar surface area (TPSA) is 98.4 Å². The number of carbonyl (C=O) groups excluding carboxylic acids is 2. The predicted octanol–water partition coefficient (Wildman–Crippen LogP) is 4.67. The van der Waals surface area contributed by atoms with Crippen molar-refractivity contribution in [3.63, 3.8) is 0 Å². The molecule has 0 radical (unpaired) electrons. The number of nitrogens with one attached hydrogen (secondary N) is 2. The summed E-state index contributed by atoms with van der Waals surface area (Å²) in [7, 11) is 4.74. The van der Waals surface area contributed by atoms with Crippen LogP contribution in [0.1, 0.15) is 18.1 Å². The second-order valence-corrected chi connectivity index (χ2v) is 8.27. The summed E-state index contributed by atoms with van der Waals surface area (Å²) in [5, 5.41) is 5.62. The van der Waals surface area contributed by atoms with E-state index in [0.717, 1.165) is 11.1 Å². The number of fused-ring (bicyclic) bond motifs is 1. The number of hydrogen-bond acceptors (Lipinski definition) is 6. The Labute approximate surface area is 209 Å². The molecule has 9 nitrogen and oxygen atoms in total. The average Bonchev–Trinajstić information content (AvgIpc) is 3.00. The van der Waals surface area contributed by atoms with Crippen molar-refractivity contribution in [2.24, 2.45) is 0 Å². The molecule has 0 fully saturated rings. The minimum atomic E-state index is -0.661. The predicted molar refractivity (Wildman–Crippen MR) is 136 cm³/mol. The fourth-order valence-corrected chi connectivity index (χ4v) is 3.99. The molecular formula is C27H29N3O6. The number of urea groups is 1. The van der Waals surface area contributed by atoms with Gasteiger partial charge in [0, 0.05) is 47.7 Å². The van der Waals surface area contributed by atoms with Crippen LogP contribution in [-0.4, -0.2) is 44.3 Å². The number of hydrogen-bond donors (Lipinski definition) is 2. The van der Waals surface area contributed by atoms with Crippen molar-refractivity contribution in [1.29, 1.82) is 0 Å². The molecule has 188 valence electrons. The minimum Gasteiger partial charge on any atom is -0.497 e. The molecule has 3 aromatic rings. The lowest BCUT2D eigenvalue weighted by atomic mass is 10.1. The van der Waals surface area contributed by atoms with Gasteiger partial charge in [-0.3, -0.25) is 4.79 Å². The Morgan fingerprint density at radius 3 is 2.39 bits per heavy atom. The molecule has 0 spiro atoms. The van der Waals surface area contributed by atoms with E-state index in [-0.39, 0.29) is 5.91 Å². The summed E-state index contributed by atoms with van der Waals surface area (Å²) >= 11 is 0. The largest absolute Gasteiger partial charge is 0.497 e. The highest BCUT2D eigenvalue weighted by Gasteiger charge is 2.29. The highest BCUT2D eigenvalue weighted by atomic mass is 16.5. The molecule has 1 atom stereocenters. The Morgan fingerprint density at radius 2 is 1.67 bits per heavy atom. The van der Waals surface area contributed by atoms with Crippen LogP contribution >= 0.6 is 0 Å². The highest BCUT2D eigenvalue weighted by Crippen LogP contribution is 2.31. The number of benzene rings is 3. The zero-order valence-electron chi connectivity index (χ0n) is 20.7. The van der Waals surface area contributed by atoms with Gasteiger partial charge in [-0.2, -0.15) is 0 Å². The molecule has 0 aliphatic carbocycles. The molecule has 0 saturated heterocycles. The summed E-state index contributed by atoms with van der Waals surface area (Å²) in [6.45, 7) is 2.36. The average molecular weight is 492 g/mol. The highest BCUT2D eigenvalue weighted by molar-refractivity contribution is 6.00. The normalized spacial score (nSPS) is 14.7. The number of amides is 3. The van der Waals surface area contributed by atoms with Gasteiger partial charge in [0.15, 0.2) is 6.10 Å². The molecule has 1 aliphatic rings. The Kier molecular flexibility index (Phi) is 7.48. The van der Waals surface area contributed by atoms with E-state index >= 15 is 0 Å². The Bertz CT molecular complexity index is 1260. The lowest BCUT2D eigenvalue weighted by molar-refractivity contribution is -0.138. The summed E-state index contributed by atoms with van der Waals surface area (Å²) in [4.78, 5) is 27.4. The third-order valence-corrected chi connectivity index (χ3v) is 5.83. The van der Waals surface area contributed by atoms with Crippen LogP contribution in [0.2, 0.25) is 0 Å². The van der Waals surface area contributed by atoms with Crippen LogP contribution < -0.4 is 29.6 Å². The van der Waals surface area contributed by atoms with E-state index in [0.29, 0.717) is 47.5 Å². The molecule has 1 aliphatic heterocycles. The second kappa shape index (κ2) is 10.9. The minimum absolute atomic E-state index is 0.144. The monoisotopic (exact) mass is 491 g/mol. The Balaban J connectivity index is 1.52. The van der Waals surface area contributed by atoms with Crippen molar-refractivity contribution in [3.8, 4) is 23.0 Å². The van der Waals surface area contributed by atoms with Gasteiger partial charge in [-0.1, -0.05) is 6.07 Å². The van der Waals surface area contributed by atoms with Crippen molar-refractivity contribution in [2.45, 2.75) is 26.1 Å². The van der Waals surface area contributed by atoms with E-state index in [9.17, 15) is 9.59 Å². The van der Waals surface area contributed by atoms with Gasteiger partial charge in [0.05, 0.1) is 21.3 Å². The van der Waals surface area contributed by atoms with E-state index in [1.165, 1.54) is 0 Å². The molecule has 3 aromatic carbocycles. The zero-order valence-corrected chi connectivity index (χ0v) is 20.7. The summed E-state index contributed by atoms with van der Waals surface area (Å²) in [5.41, 5.74) is 2.79. The second-order valence-electron chi connectivity index (χ2n) is 8.27. The van der Waals surface area contributed by atoms with Crippen LogP contribution in [0.5, 0.6) is 23.0 Å². The summed E-state index contributed by atoms with van der Waals surface area (Å²) in [5.74, 6) is 2.39. The smallest absolute Gasteiger partial charge is 0.323 e. The third kappa shape index (κ3) is 5.63. The first-order valence-electron chi connectivity index (χ1n) is 11.4. The summed E-state index contributed by atoms with van der Waals surface area (Å²) in [6, 6.07) is 17.5. The number of nitrogens with zero attached hydrogens (tertiary/aromatic N) is 1. The van der Waals surface area contributed by atoms with Crippen LogP contribution in [-0.2, 0) is 17.9 Å². The van der Waals surface area contributed by atoms with E-state index in [1.807, 2.05) is 18.2 Å². The quantitative estimate of drug-likeness (QED) is 0.499. The third-order valence-electron chi connectivity index (χ3n) is 5.83. The fourth-order valence-electron chi connectivity index (χ4n) is 3.99. The molecule has 36 heavy (non-hydrogen) atoms. The standard InChI is InChI=1S/C27H29N3O6/c1-17-26(31)30(15-18-8-10-23(34-3)14-25(18)35-4)16-19-12-21(9-11-24(19)36-17)29-27(32)28-20-6-5-7-22(13-20)33-2/h5-14,17H,15-16H2,1-4H3,(H2,28,29,32). The van der Waals surface area contributed by atoms with Crippen molar-refractivity contribution < 1.29 is 28.5 Å². The molecule has 0 saturated carbocycles. The maximum absolute atomic E-state index is 13.1. The maximum Gasteiger partial charge on any atom is 0.323 e. The number of carbonyl (C=O) groups is 2. The van der Waals surface area contributed by atoms with Crippen LogP contribution in [0.4, 0.5) is 16.2 Å². The van der Waals surface area contributed by atoms with E-state index in [2.05, 4.69) is 10.6 Å².